The lowest BCUT2D eigenvalue weighted by atomic mass is 10.0. The van der Waals surface area contributed by atoms with Gasteiger partial charge in [-0.1, -0.05) is 30.3 Å². The van der Waals surface area contributed by atoms with Gasteiger partial charge in [-0.25, -0.2) is 9.97 Å². The zero-order valence-corrected chi connectivity index (χ0v) is 13.7. The lowest BCUT2D eigenvalue weighted by Crippen LogP contribution is -2.12. The topological polar surface area (TPSA) is 56.5 Å². The summed E-state index contributed by atoms with van der Waals surface area (Å²) in [6.07, 6.45) is 10.3. The molecular formula is C19H21N5. The molecule has 5 nitrogen and oxygen atoms in total. The average molecular weight is 319 g/mol. The number of hydrogen-bond acceptors (Lipinski definition) is 4. The number of nitrogens with zero attached hydrogens (tertiary/aromatic N) is 5. The van der Waals surface area contributed by atoms with Gasteiger partial charge in [0.05, 0.1) is 11.4 Å². The molecule has 0 fully saturated rings. The van der Waals surface area contributed by atoms with Crippen molar-refractivity contribution in [3.05, 3.63) is 59.9 Å². The Bertz CT molecular complexity index is 810. The van der Waals surface area contributed by atoms with E-state index in [1.54, 1.807) is 0 Å². The summed E-state index contributed by atoms with van der Waals surface area (Å²) in [5, 5.41) is 8.67. The van der Waals surface area contributed by atoms with Gasteiger partial charge in [0.15, 0.2) is 5.82 Å². The van der Waals surface area contributed by atoms with E-state index in [1.165, 1.54) is 18.5 Å². The Hall–Kier alpha value is -2.56. The van der Waals surface area contributed by atoms with E-state index in [1.807, 2.05) is 30.6 Å². The van der Waals surface area contributed by atoms with E-state index in [9.17, 15) is 0 Å². The number of aromatic nitrogens is 5. The number of imidazole rings is 1. The van der Waals surface area contributed by atoms with Gasteiger partial charge in [-0.05, 0) is 32.1 Å². The fraction of sp³-hybridized carbons (Fsp3) is 0.368. The molecule has 0 bridgehead atoms. The second-order valence-electron chi connectivity index (χ2n) is 6.24. The summed E-state index contributed by atoms with van der Waals surface area (Å²) >= 11 is 0. The van der Waals surface area contributed by atoms with Gasteiger partial charge in [0, 0.05) is 30.9 Å². The van der Waals surface area contributed by atoms with Gasteiger partial charge in [0.2, 0.25) is 0 Å². The summed E-state index contributed by atoms with van der Waals surface area (Å²) < 4.78 is 2.20. The molecule has 0 saturated heterocycles. The molecule has 2 heterocycles. The maximum atomic E-state index is 4.71. The van der Waals surface area contributed by atoms with Gasteiger partial charge < -0.3 is 4.57 Å². The minimum Gasteiger partial charge on any atom is -0.331 e. The smallest absolute Gasteiger partial charge is 0.151 e. The van der Waals surface area contributed by atoms with E-state index in [2.05, 4.69) is 31.9 Å². The van der Waals surface area contributed by atoms with Gasteiger partial charge >= 0.3 is 0 Å². The Kier molecular flexibility index (Phi) is 4.32. The Morgan fingerprint density at radius 1 is 0.958 bits per heavy atom. The van der Waals surface area contributed by atoms with Crippen molar-refractivity contribution in [1.82, 2.24) is 24.7 Å². The lowest BCUT2D eigenvalue weighted by Gasteiger charge is -2.13. The molecule has 0 atom stereocenters. The lowest BCUT2D eigenvalue weighted by molar-refractivity contribution is 0.593. The Labute approximate surface area is 141 Å². The third kappa shape index (κ3) is 3.20. The fourth-order valence-electron chi connectivity index (χ4n) is 3.25. The van der Waals surface area contributed by atoms with Crippen LogP contribution in [0.3, 0.4) is 0 Å². The van der Waals surface area contributed by atoms with Crippen molar-refractivity contribution < 1.29 is 0 Å². The third-order valence-corrected chi connectivity index (χ3v) is 4.51. The molecule has 1 aromatic carbocycles. The second kappa shape index (κ2) is 6.91. The van der Waals surface area contributed by atoms with Crippen LogP contribution in [-0.2, 0) is 25.8 Å². The van der Waals surface area contributed by atoms with Gasteiger partial charge in [-0.2, -0.15) is 5.10 Å². The van der Waals surface area contributed by atoms with Crippen LogP contribution in [0.4, 0.5) is 0 Å². The summed E-state index contributed by atoms with van der Waals surface area (Å²) in [5.41, 5.74) is 3.42. The molecule has 0 unspecified atom stereocenters. The predicted molar refractivity (Wildman–Crippen MR) is 92.5 cm³/mol. The molecule has 122 valence electrons. The molecule has 5 heteroatoms. The molecule has 4 rings (SSSR count). The van der Waals surface area contributed by atoms with Gasteiger partial charge in [0.1, 0.15) is 5.82 Å². The van der Waals surface area contributed by atoms with Crippen molar-refractivity contribution >= 4 is 0 Å². The molecule has 2 aromatic heterocycles. The Balaban J connectivity index is 1.41. The predicted octanol–water partition coefficient (Wildman–Crippen LogP) is 3.25. The van der Waals surface area contributed by atoms with Gasteiger partial charge in [-0.3, -0.25) is 0 Å². The maximum Gasteiger partial charge on any atom is 0.151 e. The van der Waals surface area contributed by atoms with Crippen LogP contribution >= 0.6 is 0 Å². The highest BCUT2D eigenvalue weighted by Gasteiger charge is 2.13. The Morgan fingerprint density at radius 2 is 1.79 bits per heavy atom. The van der Waals surface area contributed by atoms with Crippen LogP contribution in [0.5, 0.6) is 0 Å². The van der Waals surface area contributed by atoms with E-state index in [0.29, 0.717) is 0 Å². The maximum absolute atomic E-state index is 4.71. The number of benzene rings is 1. The van der Waals surface area contributed by atoms with Crippen LogP contribution < -0.4 is 0 Å². The SMILES string of the molecule is c1ccc(-c2nccn2CCCc2nnc3c(n2)CCCC3)cc1. The highest BCUT2D eigenvalue weighted by atomic mass is 15.2. The van der Waals surface area contributed by atoms with Crippen LogP contribution in [0.2, 0.25) is 0 Å². The molecule has 0 radical (unpaired) electrons. The number of hydrogen-bond donors (Lipinski definition) is 0. The summed E-state index contributed by atoms with van der Waals surface area (Å²) in [6, 6.07) is 10.3. The normalized spacial score (nSPS) is 13.7. The first-order valence-electron chi connectivity index (χ1n) is 8.68. The van der Waals surface area contributed by atoms with Crippen molar-refractivity contribution in [2.45, 2.75) is 45.1 Å². The van der Waals surface area contributed by atoms with Crippen LogP contribution in [-0.4, -0.2) is 24.7 Å². The third-order valence-electron chi connectivity index (χ3n) is 4.51. The largest absolute Gasteiger partial charge is 0.331 e. The van der Waals surface area contributed by atoms with E-state index >= 15 is 0 Å². The first-order chi connectivity index (χ1) is 11.9. The fourth-order valence-corrected chi connectivity index (χ4v) is 3.25. The molecule has 1 aliphatic carbocycles. The summed E-state index contributed by atoms with van der Waals surface area (Å²) in [6.45, 7) is 0.907. The van der Waals surface area contributed by atoms with E-state index in [-0.39, 0.29) is 0 Å². The summed E-state index contributed by atoms with van der Waals surface area (Å²) in [7, 11) is 0. The van der Waals surface area contributed by atoms with Crippen molar-refractivity contribution in [1.29, 1.82) is 0 Å². The van der Waals surface area contributed by atoms with Gasteiger partial charge in [-0.15, -0.1) is 5.10 Å². The zero-order valence-electron chi connectivity index (χ0n) is 13.7. The van der Waals surface area contributed by atoms with E-state index in [4.69, 9.17) is 4.98 Å². The van der Waals surface area contributed by atoms with Crippen LogP contribution in [0.1, 0.15) is 36.5 Å². The summed E-state index contributed by atoms with van der Waals surface area (Å²) in [5.74, 6) is 1.89. The summed E-state index contributed by atoms with van der Waals surface area (Å²) in [4.78, 5) is 9.20. The molecule has 24 heavy (non-hydrogen) atoms. The molecule has 0 N–H and O–H groups in total. The molecular weight excluding hydrogens is 298 g/mol. The Morgan fingerprint density at radius 3 is 2.67 bits per heavy atom. The molecule has 1 aliphatic rings. The average Bonchev–Trinajstić information content (AvgIpc) is 3.11. The standard InChI is InChI=1S/C19H21N5/c1-2-7-15(8-3-1)19-20-12-14-24(19)13-6-11-18-21-16-9-4-5-10-17(16)22-23-18/h1-3,7-8,12,14H,4-6,9-11,13H2. The zero-order chi connectivity index (χ0) is 16.2. The number of fused-ring (bicyclic) bond motifs is 1. The molecule has 3 aromatic rings. The highest BCUT2D eigenvalue weighted by Crippen LogP contribution is 2.18. The van der Waals surface area contributed by atoms with Gasteiger partial charge in [0.25, 0.3) is 0 Å². The number of rotatable bonds is 5. The highest BCUT2D eigenvalue weighted by molar-refractivity contribution is 5.55. The molecule has 0 aliphatic heterocycles. The van der Waals surface area contributed by atoms with Crippen molar-refractivity contribution in [2.24, 2.45) is 0 Å². The minimum absolute atomic E-state index is 0.854. The minimum atomic E-state index is 0.854. The monoisotopic (exact) mass is 319 g/mol. The number of aryl methyl sites for hydroxylation is 4. The van der Waals surface area contributed by atoms with E-state index < -0.39 is 0 Å². The quantitative estimate of drug-likeness (QED) is 0.724. The van der Waals surface area contributed by atoms with Crippen LogP contribution in [0.15, 0.2) is 42.7 Å². The van der Waals surface area contributed by atoms with Crippen molar-refractivity contribution in [2.75, 3.05) is 0 Å². The van der Waals surface area contributed by atoms with E-state index in [0.717, 1.165) is 55.1 Å². The van der Waals surface area contributed by atoms with Crippen LogP contribution in [0.25, 0.3) is 11.4 Å². The first kappa shape index (κ1) is 15.0. The van der Waals surface area contributed by atoms with Crippen LogP contribution in [0, 0.1) is 0 Å². The van der Waals surface area contributed by atoms with Crippen molar-refractivity contribution in [3.63, 3.8) is 0 Å². The molecule has 0 spiro atoms. The molecule has 0 saturated carbocycles. The van der Waals surface area contributed by atoms with Crippen molar-refractivity contribution in [3.8, 4) is 11.4 Å². The first-order valence-corrected chi connectivity index (χ1v) is 8.68. The molecule has 0 amide bonds. The second-order valence-corrected chi connectivity index (χ2v) is 6.24.